The van der Waals surface area contributed by atoms with E-state index in [0.29, 0.717) is 5.56 Å². The number of carbonyl (C=O) groups excluding carboxylic acids is 1. The van der Waals surface area contributed by atoms with Gasteiger partial charge in [-0.15, -0.1) is 0 Å². The first-order valence-corrected chi connectivity index (χ1v) is 8.73. The number of para-hydroxylation sites is 3. The lowest BCUT2D eigenvalue weighted by Gasteiger charge is -2.10. The van der Waals surface area contributed by atoms with Gasteiger partial charge in [0.2, 0.25) is 0 Å². The minimum Gasteiger partial charge on any atom is -0.268 e. The fourth-order valence-corrected chi connectivity index (χ4v) is 3.36. The van der Waals surface area contributed by atoms with Crippen molar-refractivity contribution in [2.75, 3.05) is 0 Å². The van der Waals surface area contributed by atoms with Crippen molar-refractivity contribution < 1.29 is 4.79 Å². The zero-order valence-corrected chi connectivity index (χ0v) is 14.4. The molecule has 3 aromatic carbocycles. The maximum Gasteiger partial charge on any atom is 0.264 e. The van der Waals surface area contributed by atoms with Gasteiger partial charge in [-0.3, -0.25) is 9.36 Å². The van der Waals surface area contributed by atoms with Crippen molar-refractivity contribution in [3.8, 4) is 11.3 Å². The number of aromatic nitrogens is 3. The summed E-state index contributed by atoms with van der Waals surface area (Å²) in [6, 6.07) is 27.1. The third-order valence-corrected chi connectivity index (χ3v) is 4.69. The first kappa shape index (κ1) is 15.5. The van der Waals surface area contributed by atoms with Crippen LogP contribution in [0.3, 0.4) is 0 Å². The monoisotopic (exact) mass is 349 g/mol. The van der Waals surface area contributed by atoms with E-state index in [1.165, 1.54) is 0 Å². The van der Waals surface area contributed by atoms with E-state index in [0.717, 1.165) is 33.2 Å². The van der Waals surface area contributed by atoms with Crippen LogP contribution in [0.5, 0.6) is 0 Å². The second-order valence-corrected chi connectivity index (χ2v) is 6.35. The lowest BCUT2D eigenvalue weighted by Crippen LogP contribution is -2.12. The highest BCUT2D eigenvalue weighted by Gasteiger charge is 2.17. The Balaban J connectivity index is 1.75. The van der Waals surface area contributed by atoms with Gasteiger partial charge in [0.15, 0.2) is 0 Å². The Kier molecular flexibility index (Phi) is 3.54. The highest BCUT2D eigenvalue weighted by atomic mass is 16.2. The van der Waals surface area contributed by atoms with Crippen molar-refractivity contribution in [3.63, 3.8) is 0 Å². The number of nitrogens with zero attached hydrogens (tertiary/aromatic N) is 3. The second-order valence-electron chi connectivity index (χ2n) is 6.35. The number of pyridine rings is 1. The summed E-state index contributed by atoms with van der Waals surface area (Å²) in [5.41, 5.74) is 4.77. The van der Waals surface area contributed by atoms with Crippen molar-refractivity contribution in [2.45, 2.75) is 0 Å². The molecule has 4 nitrogen and oxygen atoms in total. The van der Waals surface area contributed by atoms with E-state index in [9.17, 15) is 4.79 Å². The molecule has 0 spiro atoms. The third kappa shape index (κ3) is 2.59. The smallest absolute Gasteiger partial charge is 0.264 e. The van der Waals surface area contributed by atoms with E-state index in [4.69, 9.17) is 4.98 Å². The van der Waals surface area contributed by atoms with Crippen LogP contribution >= 0.6 is 0 Å². The van der Waals surface area contributed by atoms with Gasteiger partial charge >= 0.3 is 0 Å². The summed E-state index contributed by atoms with van der Waals surface area (Å²) in [6.07, 6.45) is 1.59. The Hall–Kier alpha value is -3.79. The first-order chi connectivity index (χ1) is 13.3. The number of carbonyl (C=O) groups is 1. The maximum absolute atomic E-state index is 13.4. The fourth-order valence-electron chi connectivity index (χ4n) is 3.36. The summed E-state index contributed by atoms with van der Waals surface area (Å²) in [4.78, 5) is 22.5. The molecule has 2 aromatic heterocycles. The molecule has 128 valence electrons. The molecule has 0 saturated carbocycles. The number of hydrogen-bond acceptors (Lipinski definition) is 3. The molecular weight excluding hydrogens is 334 g/mol. The largest absolute Gasteiger partial charge is 0.268 e. The molecule has 2 heterocycles. The number of benzene rings is 3. The molecule has 0 saturated heterocycles. The van der Waals surface area contributed by atoms with Crippen LogP contribution in [0.1, 0.15) is 10.4 Å². The zero-order chi connectivity index (χ0) is 18.2. The predicted octanol–water partition coefficient (Wildman–Crippen LogP) is 4.94. The van der Waals surface area contributed by atoms with Crippen molar-refractivity contribution >= 4 is 27.8 Å². The standard InChI is InChI=1S/C23H15N3O/c27-23(26-15-24-20-12-6-7-13-22(20)26)18-14-21(16-8-2-1-3-9-16)25-19-11-5-4-10-17(18)19/h1-15H. The van der Waals surface area contributed by atoms with E-state index in [2.05, 4.69) is 4.98 Å². The SMILES string of the molecule is O=C(c1cc(-c2ccccc2)nc2ccccc12)n1cnc2ccccc21. The number of imidazole rings is 1. The molecule has 0 radical (unpaired) electrons. The Morgan fingerprint density at radius 1 is 0.778 bits per heavy atom. The predicted molar refractivity (Wildman–Crippen MR) is 107 cm³/mol. The van der Waals surface area contributed by atoms with Crippen molar-refractivity contribution in [2.24, 2.45) is 0 Å². The molecule has 0 unspecified atom stereocenters. The van der Waals surface area contributed by atoms with E-state index in [1.54, 1.807) is 10.9 Å². The van der Waals surface area contributed by atoms with Crippen LogP contribution in [0.25, 0.3) is 33.2 Å². The van der Waals surface area contributed by atoms with Crippen molar-refractivity contribution in [1.29, 1.82) is 0 Å². The normalized spacial score (nSPS) is 11.1. The second kappa shape index (κ2) is 6.18. The van der Waals surface area contributed by atoms with Gasteiger partial charge in [0.1, 0.15) is 6.33 Å². The molecule has 0 aliphatic heterocycles. The molecular formula is C23H15N3O. The van der Waals surface area contributed by atoms with Crippen LogP contribution in [-0.2, 0) is 0 Å². The van der Waals surface area contributed by atoms with Gasteiger partial charge in [0.25, 0.3) is 5.91 Å². The van der Waals surface area contributed by atoms with Crippen LogP contribution < -0.4 is 0 Å². The van der Waals surface area contributed by atoms with E-state index >= 15 is 0 Å². The lowest BCUT2D eigenvalue weighted by atomic mass is 10.0. The minimum absolute atomic E-state index is 0.112. The molecule has 0 N–H and O–H groups in total. The molecule has 0 amide bonds. The average Bonchev–Trinajstić information content (AvgIpc) is 3.17. The van der Waals surface area contributed by atoms with Crippen LogP contribution in [0.4, 0.5) is 0 Å². The van der Waals surface area contributed by atoms with Crippen LogP contribution in [0.2, 0.25) is 0 Å². The Morgan fingerprint density at radius 2 is 1.48 bits per heavy atom. The Labute approximate surface area is 155 Å². The summed E-state index contributed by atoms with van der Waals surface area (Å²) in [5.74, 6) is -0.112. The highest BCUT2D eigenvalue weighted by molar-refractivity contribution is 6.10. The zero-order valence-electron chi connectivity index (χ0n) is 14.4. The summed E-state index contributed by atoms with van der Waals surface area (Å²) < 4.78 is 1.60. The quantitative estimate of drug-likeness (QED) is 0.453. The summed E-state index contributed by atoms with van der Waals surface area (Å²) >= 11 is 0. The third-order valence-electron chi connectivity index (χ3n) is 4.69. The number of rotatable bonds is 2. The summed E-state index contributed by atoms with van der Waals surface area (Å²) in [6.45, 7) is 0. The molecule has 4 heteroatoms. The molecule has 0 fully saturated rings. The molecule has 5 aromatic rings. The van der Waals surface area contributed by atoms with Gasteiger partial charge in [-0.05, 0) is 24.3 Å². The summed E-state index contributed by atoms with van der Waals surface area (Å²) in [5, 5.41) is 0.833. The first-order valence-electron chi connectivity index (χ1n) is 8.73. The Bertz CT molecular complexity index is 1290. The van der Waals surface area contributed by atoms with Crippen LogP contribution in [0, 0.1) is 0 Å². The molecule has 0 bridgehead atoms. The molecule has 27 heavy (non-hydrogen) atoms. The molecule has 0 atom stereocenters. The molecule has 0 aliphatic carbocycles. The number of fused-ring (bicyclic) bond motifs is 2. The summed E-state index contributed by atoms with van der Waals surface area (Å²) in [7, 11) is 0. The van der Waals surface area contributed by atoms with Gasteiger partial charge in [-0.2, -0.15) is 0 Å². The number of hydrogen-bond donors (Lipinski definition) is 0. The lowest BCUT2D eigenvalue weighted by molar-refractivity contribution is 0.0966. The molecule has 5 rings (SSSR count). The highest BCUT2D eigenvalue weighted by Crippen LogP contribution is 2.26. The maximum atomic E-state index is 13.4. The van der Waals surface area contributed by atoms with Crippen LogP contribution in [-0.4, -0.2) is 20.4 Å². The van der Waals surface area contributed by atoms with Gasteiger partial charge in [-0.1, -0.05) is 60.7 Å². The van der Waals surface area contributed by atoms with E-state index < -0.39 is 0 Å². The van der Waals surface area contributed by atoms with Gasteiger partial charge in [0.05, 0.1) is 27.8 Å². The fraction of sp³-hybridized carbons (Fsp3) is 0. The van der Waals surface area contributed by atoms with Gasteiger partial charge < -0.3 is 0 Å². The molecule has 0 aliphatic rings. The Morgan fingerprint density at radius 3 is 2.33 bits per heavy atom. The average molecular weight is 349 g/mol. The minimum atomic E-state index is -0.112. The van der Waals surface area contributed by atoms with Crippen molar-refractivity contribution in [1.82, 2.24) is 14.5 Å². The van der Waals surface area contributed by atoms with Crippen molar-refractivity contribution in [3.05, 3.63) is 96.8 Å². The topological polar surface area (TPSA) is 47.8 Å². The van der Waals surface area contributed by atoms with E-state index in [-0.39, 0.29) is 5.91 Å². The van der Waals surface area contributed by atoms with Gasteiger partial charge in [0, 0.05) is 10.9 Å². The van der Waals surface area contributed by atoms with Crippen LogP contribution in [0.15, 0.2) is 91.3 Å². The van der Waals surface area contributed by atoms with Gasteiger partial charge in [-0.25, -0.2) is 9.97 Å². The van der Waals surface area contributed by atoms with E-state index in [1.807, 2.05) is 84.9 Å².